The van der Waals surface area contributed by atoms with Crippen molar-refractivity contribution in [3.63, 3.8) is 0 Å². The minimum Gasteiger partial charge on any atom is -0.382 e. The molecule has 0 bridgehead atoms. The van der Waals surface area contributed by atoms with Gasteiger partial charge in [-0.25, -0.2) is 19.9 Å². The molecule has 0 amide bonds. The van der Waals surface area contributed by atoms with Gasteiger partial charge in [-0.05, 0) is 6.92 Å². The standard InChI is InChI=1S/C13H11N5/c1-8-7-15-10-11(14)17-12(18-13(10)16-8)9-5-3-2-4-6-9/h2-7H,1H3,(H2,14,16,17,18). The molecule has 88 valence electrons. The van der Waals surface area contributed by atoms with Gasteiger partial charge >= 0.3 is 0 Å². The van der Waals surface area contributed by atoms with E-state index in [1.165, 1.54) is 0 Å². The Hall–Kier alpha value is -2.56. The van der Waals surface area contributed by atoms with Gasteiger partial charge in [-0.2, -0.15) is 0 Å². The zero-order valence-electron chi connectivity index (χ0n) is 9.83. The molecule has 0 saturated heterocycles. The van der Waals surface area contributed by atoms with Crippen LogP contribution in [0.4, 0.5) is 5.82 Å². The van der Waals surface area contributed by atoms with Crippen molar-refractivity contribution in [1.82, 2.24) is 19.9 Å². The number of nitrogens with zero attached hydrogens (tertiary/aromatic N) is 4. The Labute approximate surface area is 104 Å². The molecule has 3 rings (SSSR count). The maximum atomic E-state index is 5.89. The molecule has 1 aromatic carbocycles. The van der Waals surface area contributed by atoms with Gasteiger partial charge in [0.25, 0.3) is 0 Å². The quantitative estimate of drug-likeness (QED) is 0.700. The van der Waals surface area contributed by atoms with E-state index in [0.29, 0.717) is 22.8 Å². The van der Waals surface area contributed by atoms with Crippen LogP contribution in [0.5, 0.6) is 0 Å². The second kappa shape index (κ2) is 4.03. The summed E-state index contributed by atoms with van der Waals surface area (Å²) in [7, 11) is 0. The van der Waals surface area contributed by atoms with Gasteiger partial charge in [-0.1, -0.05) is 30.3 Å². The number of aryl methyl sites for hydroxylation is 1. The summed E-state index contributed by atoms with van der Waals surface area (Å²) < 4.78 is 0. The molecular weight excluding hydrogens is 226 g/mol. The molecule has 0 radical (unpaired) electrons. The third kappa shape index (κ3) is 1.75. The molecule has 0 aliphatic carbocycles. The lowest BCUT2D eigenvalue weighted by molar-refractivity contribution is 1.12. The van der Waals surface area contributed by atoms with E-state index in [4.69, 9.17) is 5.73 Å². The van der Waals surface area contributed by atoms with Crippen LogP contribution in [0.25, 0.3) is 22.6 Å². The van der Waals surface area contributed by atoms with Crippen LogP contribution in [0.2, 0.25) is 0 Å². The molecule has 0 aliphatic rings. The van der Waals surface area contributed by atoms with Gasteiger partial charge in [0.1, 0.15) is 5.52 Å². The summed E-state index contributed by atoms with van der Waals surface area (Å²) in [6, 6.07) is 9.67. The number of fused-ring (bicyclic) bond motifs is 1. The first-order valence-electron chi connectivity index (χ1n) is 5.56. The molecule has 2 heterocycles. The number of hydrogen-bond acceptors (Lipinski definition) is 5. The monoisotopic (exact) mass is 237 g/mol. The fraction of sp³-hybridized carbons (Fsp3) is 0.0769. The normalized spacial score (nSPS) is 10.7. The smallest absolute Gasteiger partial charge is 0.184 e. The van der Waals surface area contributed by atoms with Crippen molar-refractivity contribution in [3.8, 4) is 11.4 Å². The molecule has 2 aromatic heterocycles. The molecule has 0 unspecified atom stereocenters. The van der Waals surface area contributed by atoms with Gasteiger partial charge in [0.05, 0.1) is 5.69 Å². The van der Waals surface area contributed by atoms with E-state index >= 15 is 0 Å². The zero-order chi connectivity index (χ0) is 12.5. The van der Waals surface area contributed by atoms with Crippen LogP contribution in [0.15, 0.2) is 36.5 Å². The predicted octanol–water partition coefficient (Wildman–Crippen LogP) is 1.98. The Morgan fingerprint density at radius 3 is 2.56 bits per heavy atom. The molecular formula is C13H11N5. The van der Waals surface area contributed by atoms with Crippen LogP contribution in [0, 0.1) is 6.92 Å². The molecule has 0 atom stereocenters. The van der Waals surface area contributed by atoms with E-state index in [1.54, 1.807) is 6.20 Å². The first-order valence-corrected chi connectivity index (χ1v) is 5.56. The molecule has 0 saturated carbocycles. The molecule has 2 N–H and O–H groups in total. The Balaban J connectivity index is 2.27. The third-order valence-corrected chi connectivity index (χ3v) is 2.59. The van der Waals surface area contributed by atoms with Gasteiger partial charge in [0, 0.05) is 11.8 Å². The van der Waals surface area contributed by atoms with Crippen molar-refractivity contribution < 1.29 is 0 Å². The first kappa shape index (κ1) is 10.6. The number of nitrogen functional groups attached to an aromatic ring is 1. The van der Waals surface area contributed by atoms with Crippen molar-refractivity contribution in [1.29, 1.82) is 0 Å². The van der Waals surface area contributed by atoms with Crippen LogP contribution in [-0.4, -0.2) is 19.9 Å². The summed E-state index contributed by atoms with van der Waals surface area (Å²) in [5.74, 6) is 0.923. The van der Waals surface area contributed by atoms with Gasteiger partial charge in [0.2, 0.25) is 0 Å². The molecule has 3 aromatic rings. The predicted molar refractivity (Wildman–Crippen MR) is 69.7 cm³/mol. The maximum Gasteiger partial charge on any atom is 0.184 e. The zero-order valence-corrected chi connectivity index (χ0v) is 9.83. The number of rotatable bonds is 1. The summed E-state index contributed by atoms with van der Waals surface area (Å²) in [4.78, 5) is 17.2. The highest BCUT2D eigenvalue weighted by molar-refractivity contribution is 5.82. The molecule has 0 spiro atoms. The van der Waals surface area contributed by atoms with E-state index < -0.39 is 0 Å². The molecule has 5 heteroatoms. The lowest BCUT2D eigenvalue weighted by Gasteiger charge is -2.04. The lowest BCUT2D eigenvalue weighted by Crippen LogP contribution is -2.01. The van der Waals surface area contributed by atoms with Crippen molar-refractivity contribution >= 4 is 17.0 Å². The van der Waals surface area contributed by atoms with Crippen molar-refractivity contribution in [2.45, 2.75) is 6.92 Å². The van der Waals surface area contributed by atoms with Crippen LogP contribution in [-0.2, 0) is 0 Å². The summed E-state index contributed by atoms with van der Waals surface area (Å²) in [5.41, 5.74) is 8.68. The number of aromatic nitrogens is 4. The van der Waals surface area contributed by atoms with Gasteiger partial charge in [0.15, 0.2) is 17.3 Å². The van der Waals surface area contributed by atoms with Crippen LogP contribution in [0.3, 0.4) is 0 Å². The highest BCUT2D eigenvalue weighted by Gasteiger charge is 2.09. The number of anilines is 1. The Morgan fingerprint density at radius 1 is 1.00 bits per heavy atom. The summed E-state index contributed by atoms with van der Waals surface area (Å²) in [5, 5.41) is 0. The number of benzene rings is 1. The Kier molecular flexibility index (Phi) is 2.37. The minimum absolute atomic E-state index is 0.353. The van der Waals surface area contributed by atoms with Crippen molar-refractivity contribution in [2.24, 2.45) is 0 Å². The van der Waals surface area contributed by atoms with E-state index in [-0.39, 0.29) is 0 Å². The highest BCUT2D eigenvalue weighted by Crippen LogP contribution is 2.20. The van der Waals surface area contributed by atoms with E-state index in [0.717, 1.165) is 11.3 Å². The molecule has 0 fully saturated rings. The third-order valence-electron chi connectivity index (χ3n) is 2.59. The second-order valence-electron chi connectivity index (χ2n) is 3.98. The molecule has 5 nitrogen and oxygen atoms in total. The van der Waals surface area contributed by atoms with Crippen molar-refractivity contribution in [3.05, 3.63) is 42.2 Å². The van der Waals surface area contributed by atoms with E-state index in [9.17, 15) is 0 Å². The van der Waals surface area contributed by atoms with E-state index in [1.807, 2.05) is 37.3 Å². The first-order chi connectivity index (χ1) is 8.74. The fourth-order valence-corrected chi connectivity index (χ4v) is 1.73. The topological polar surface area (TPSA) is 77.6 Å². The SMILES string of the molecule is Cc1cnc2c(N)nc(-c3ccccc3)nc2n1. The molecule has 18 heavy (non-hydrogen) atoms. The van der Waals surface area contributed by atoms with Crippen LogP contribution in [0.1, 0.15) is 5.69 Å². The fourth-order valence-electron chi connectivity index (χ4n) is 1.73. The number of nitrogens with two attached hydrogens (primary N) is 1. The average Bonchev–Trinajstić information content (AvgIpc) is 2.39. The van der Waals surface area contributed by atoms with E-state index in [2.05, 4.69) is 19.9 Å². The number of hydrogen-bond donors (Lipinski definition) is 1. The Morgan fingerprint density at radius 2 is 1.78 bits per heavy atom. The average molecular weight is 237 g/mol. The largest absolute Gasteiger partial charge is 0.382 e. The van der Waals surface area contributed by atoms with Gasteiger partial charge < -0.3 is 5.73 Å². The summed E-state index contributed by atoms with van der Waals surface area (Å²) in [6.07, 6.45) is 1.66. The van der Waals surface area contributed by atoms with Crippen LogP contribution >= 0.6 is 0 Å². The van der Waals surface area contributed by atoms with Gasteiger partial charge in [-0.15, -0.1) is 0 Å². The van der Waals surface area contributed by atoms with Gasteiger partial charge in [-0.3, -0.25) is 0 Å². The lowest BCUT2D eigenvalue weighted by atomic mass is 10.2. The summed E-state index contributed by atoms with van der Waals surface area (Å²) in [6.45, 7) is 1.87. The van der Waals surface area contributed by atoms with Crippen LogP contribution < -0.4 is 5.73 Å². The minimum atomic E-state index is 0.353. The maximum absolute atomic E-state index is 5.89. The molecule has 0 aliphatic heterocycles. The highest BCUT2D eigenvalue weighted by atomic mass is 15.0. The summed E-state index contributed by atoms with van der Waals surface area (Å²) >= 11 is 0. The van der Waals surface area contributed by atoms with Crippen molar-refractivity contribution in [2.75, 3.05) is 5.73 Å². The second-order valence-corrected chi connectivity index (χ2v) is 3.98. The Bertz CT molecular complexity index is 709.